The van der Waals surface area contributed by atoms with Gasteiger partial charge in [-0.2, -0.15) is 4.98 Å². The highest BCUT2D eigenvalue weighted by atomic mass is 16.6. The number of aromatic nitrogens is 4. The number of piperazine rings is 1. The van der Waals surface area contributed by atoms with Crippen molar-refractivity contribution in [2.45, 2.75) is 45.4 Å². The van der Waals surface area contributed by atoms with Crippen molar-refractivity contribution in [3.8, 4) is 17.4 Å². The van der Waals surface area contributed by atoms with Crippen molar-refractivity contribution in [1.29, 1.82) is 0 Å². The van der Waals surface area contributed by atoms with Crippen molar-refractivity contribution >= 4 is 17.8 Å². The second-order valence-electron chi connectivity index (χ2n) is 11.1. The highest BCUT2D eigenvalue weighted by Gasteiger charge is 2.34. The number of amides is 2. The van der Waals surface area contributed by atoms with Crippen molar-refractivity contribution in [3.63, 3.8) is 0 Å². The first-order valence-electron chi connectivity index (χ1n) is 14.9. The maximum Gasteiger partial charge on any atom is 0.410 e. The predicted octanol–water partition coefficient (Wildman–Crippen LogP) is 4.34. The Labute approximate surface area is 263 Å². The summed E-state index contributed by atoms with van der Waals surface area (Å²) in [5.74, 6) is 2.41. The standard InChI is InChI=1S/C33H39N7O5/c1-23(2)27-18-30(37-32(36-27)39-13-12-34-22-39)38-14-15-40(33(42)45-21-24-8-6-5-7-9-24)26(20-38)17-31(41)35-19-25-10-11-28(43-3)29(16-25)44-4/h5-13,16,18,22-23,26H,14-15,17,19-21H2,1-4H3,(H,35,41). The van der Waals surface area contributed by atoms with Gasteiger partial charge in [0, 0.05) is 51.1 Å². The van der Waals surface area contributed by atoms with Crippen LogP contribution in [0, 0.1) is 0 Å². The van der Waals surface area contributed by atoms with Crippen molar-refractivity contribution in [3.05, 3.63) is 90.1 Å². The lowest BCUT2D eigenvalue weighted by Gasteiger charge is -2.41. The van der Waals surface area contributed by atoms with E-state index < -0.39 is 12.1 Å². The van der Waals surface area contributed by atoms with E-state index >= 15 is 0 Å². The molecule has 1 atom stereocenters. The maximum absolute atomic E-state index is 13.4. The van der Waals surface area contributed by atoms with Gasteiger partial charge in [0.05, 0.1) is 26.0 Å². The molecule has 5 rings (SSSR count). The van der Waals surface area contributed by atoms with Crippen LogP contribution >= 0.6 is 0 Å². The van der Waals surface area contributed by atoms with Crippen LogP contribution in [-0.4, -0.2) is 76.3 Å². The van der Waals surface area contributed by atoms with Gasteiger partial charge in [-0.25, -0.2) is 14.8 Å². The second-order valence-corrected chi connectivity index (χ2v) is 11.1. The summed E-state index contributed by atoms with van der Waals surface area (Å²) >= 11 is 0. The molecular weight excluding hydrogens is 574 g/mol. The van der Waals surface area contributed by atoms with Crippen molar-refractivity contribution in [1.82, 2.24) is 29.7 Å². The third kappa shape index (κ3) is 7.88. The Balaban J connectivity index is 1.33. The van der Waals surface area contributed by atoms with Gasteiger partial charge < -0.3 is 29.3 Å². The Morgan fingerprint density at radius 3 is 2.49 bits per heavy atom. The fraction of sp³-hybridized carbons (Fsp3) is 0.364. The Bertz CT molecular complexity index is 1580. The number of nitrogens with one attached hydrogen (secondary N) is 1. The number of carbonyl (C=O) groups is 2. The number of imidazole rings is 1. The molecule has 2 amide bonds. The fourth-order valence-electron chi connectivity index (χ4n) is 5.15. The number of carbonyl (C=O) groups excluding carboxylic acids is 2. The van der Waals surface area contributed by atoms with Crippen LogP contribution in [0.1, 0.15) is 43.0 Å². The van der Waals surface area contributed by atoms with E-state index in [2.05, 4.69) is 29.0 Å². The number of nitrogens with zero attached hydrogens (tertiary/aromatic N) is 6. The Morgan fingerprint density at radius 2 is 1.78 bits per heavy atom. The third-order valence-corrected chi connectivity index (χ3v) is 7.65. The highest BCUT2D eigenvalue weighted by molar-refractivity contribution is 5.78. The lowest BCUT2D eigenvalue weighted by molar-refractivity contribution is -0.122. The smallest absolute Gasteiger partial charge is 0.410 e. The van der Waals surface area contributed by atoms with Gasteiger partial charge in [0.15, 0.2) is 11.5 Å². The van der Waals surface area contributed by atoms with Crippen LogP contribution in [0.15, 0.2) is 73.3 Å². The summed E-state index contributed by atoms with van der Waals surface area (Å²) in [6.45, 7) is 5.88. The summed E-state index contributed by atoms with van der Waals surface area (Å²) in [5, 5.41) is 2.99. The molecule has 4 aromatic rings. The number of hydrogen-bond donors (Lipinski definition) is 1. The summed E-state index contributed by atoms with van der Waals surface area (Å²) in [6.07, 6.45) is 4.77. The summed E-state index contributed by atoms with van der Waals surface area (Å²) < 4.78 is 18.2. The second kappa shape index (κ2) is 14.6. The first-order chi connectivity index (χ1) is 21.8. The minimum absolute atomic E-state index is 0.0841. The predicted molar refractivity (Wildman–Crippen MR) is 169 cm³/mol. The van der Waals surface area contributed by atoms with Gasteiger partial charge in [0.2, 0.25) is 11.9 Å². The largest absolute Gasteiger partial charge is 0.493 e. The zero-order valence-electron chi connectivity index (χ0n) is 26.1. The minimum atomic E-state index is -0.458. The van der Waals surface area contributed by atoms with Crippen LogP contribution in [0.4, 0.5) is 10.6 Å². The molecule has 1 saturated heterocycles. The van der Waals surface area contributed by atoms with E-state index in [1.807, 2.05) is 48.5 Å². The van der Waals surface area contributed by atoms with E-state index in [0.717, 1.165) is 22.6 Å². The molecule has 0 radical (unpaired) electrons. The molecule has 12 heteroatoms. The monoisotopic (exact) mass is 613 g/mol. The highest BCUT2D eigenvalue weighted by Crippen LogP contribution is 2.28. The van der Waals surface area contributed by atoms with Crippen LogP contribution in [0.25, 0.3) is 5.95 Å². The zero-order chi connectivity index (χ0) is 31.8. The maximum atomic E-state index is 13.4. The van der Waals surface area contributed by atoms with Gasteiger partial charge >= 0.3 is 6.09 Å². The van der Waals surface area contributed by atoms with E-state index in [-0.39, 0.29) is 24.9 Å². The lowest BCUT2D eigenvalue weighted by Crippen LogP contribution is -2.56. The molecule has 1 unspecified atom stereocenters. The summed E-state index contributed by atoms with van der Waals surface area (Å²) in [7, 11) is 3.15. The van der Waals surface area contributed by atoms with Gasteiger partial charge in [0.25, 0.3) is 0 Å². The molecule has 12 nitrogen and oxygen atoms in total. The van der Waals surface area contributed by atoms with Gasteiger partial charge in [-0.05, 0) is 29.2 Å². The number of ether oxygens (including phenoxy) is 3. The molecule has 45 heavy (non-hydrogen) atoms. The topological polar surface area (TPSA) is 124 Å². The van der Waals surface area contributed by atoms with Gasteiger partial charge in [-0.3, -0.25) is 9.36 Å². The van der Waals surface area contributed by atoms with Crippen molar-refractivity contribution < 1.29 is 23.8 Å². The number of benzene rings is 2. The summed E-state index contributed by atoms with van der Waals surface area (Å²) in [4.78, 5) is 44.1. The van der Waals surface area contributed by atoms with Crippen molar-refractivity contribution in [2.24, 2.45) is 0 Å². The lowest BCUT2D eigenvalue weighted by atomic mass is 10.1. The molecule has 1 N–H and O–H groups in total. The molecular formula is C33H39N7O5. The first-order valence-corrected chi connectivity index (χ1v) is 14.9. The molecule has 0 bridgehead atoms. The van der Waals surface area contributed by atoms with E-state index in [1.54, 1.807) is 48.5 Å². The van der Waals surface area contributed by atoms with Crippen LogP contribution in [0.2, 0.25) is 0 Å². The number of hydrogen-bond acceptors (Lipinski definition) is 9. The van der Waals surface area contributed by atoms with Crippen LogP contribution < -0.4 is 19.7 Å². The molecule has 2 aromatic heterocycles. The number of anilines is 1. The van der Waals surface area contributed by atoms with Crippen LogP contribution in [0.5, 0.6) is 11.5 Å². The van der Waals surface area contributed by atoms with E-state index in [1.165, 1.54) is 0 Å². The first kappa shape index (κ1) is 31.3. The Kier molecular flexibility index (Phi) is 10.1. The molecule has 3 heterocycles. The summed E-state index contributed by atoms with van der Waals surface area (Å²) in [5.41, 5.74) is 2.64. The Hall–Kier alpha value is -5.13. The van der Waals surface area contributed by atoms with Gasteiger partial charge in [-0.1, -0.05) is 50.2 Å². The molecule has 2 aromatic carbocycles. The summed E-state index contributed by atoms with van der Waals surface area (Å²) in [6, 6.07) is 16.5. The van der Waals surface area contributed by atoms with Gasteiger partial charge in [-0.15, -0.1) is 0 Å². The molecule has 1 fully saturated rings. The molecule has 1 aliphatic rings. The SMILES string of the molecule is COc1ccc(CNC(=O)CC2CN(c3cc(C(C)C)nc(-n4ccnc4)n3)CCN2C(=O)OCc2ccccc2)cc1OC. The van der Waals surface area contributed by atoms with Gasteiger partial charge in [0.1, 0.15) is 18.8 Å². The average molecular weight is 614 g/mol. The van der Waals surface area contributed by atoms with Crippen LogP contribution in [-0.2, 0) is 22.7 Å². The molecule has 0 saturated carbocycles. The van der Waals surface area contributed by atoms with Crippen molar-refractivity contribution in [2.75, 3.05) is 38.8 Å². The average Bonchev–Trinajstić information content (AvgIpc) is 3.62. The molecule has 0 spiro atoms. The zero-order valence-corrected chi connectivity index (χ0v) is 26.1. The normalized spacial score (nSPS) is 14.7. The molecule has 236 valence electrons. The van der Waals surface area contributed by atoms with Crippen LogP contribution in [0.3, 0.4) is 0 Å². The molecule has 1 aliphatic heterocycles. The third-order valence-electron chi connectivity index (χ3n) is 7.65. The van der Waals surface area contributed by atoms with E-state index in [9.17, 15) is 9.59 Å². The molecule has 0 aliphatic carbocycles. The Morgan fingerprint density at radius 1 is 0.978 bits per heavy atom. The fourth-order valence-corrected chi connectivity index (χ4v) is 5.15. The van der Waals surface area contributed by atoms with E-state index in [4.69, 9.17) is 24.2 Å². The van der Waals surface area contributed by atoms with E-state index in [0.29, 0.717) is 43.6 Å². The number of rotatable bonds is 11. The number of methoxy groups -OCH3 is 2. The minimum Gasteiger partial charge on any atom is -0.493 e. The quantitative estimate of drug-likeness (QED) is 0.263.